The molecule has 3 aliphatic rings. The van der Waals surface area contributed by atoms with Crippen LogP contribution in [0.5, 0.6) is 0 Å². The van der Waals surface area contributed by atoms with Crippen molar-refractivity contribution in [2.75, 3.05) is 13.1 Å². The monoisotopic (exact) mass is 437 g/mol. The standard InChI is InChI=1S/C20H21Cl2N3O4/c21-12-7-23-8-13(22)14(12)16-15(17(29-24-16)11-1-2-11)20(28)9-19(10-20)3-5-25(6-4-19)18(26)27/h7-8,11,28H,1-6,9-10H2,(H,26,27). The summed E-state index contributed by atoms with van der Waals surface area (Å²) in [5.74, 6) is 0.990. The van der Waals surface area contributed by atoms with Gasteiger partial charge in [0.15, 0.2) is 0 Å². The van der Waals surface area contributed by atoms with E-state index in [0.717, 1.165) is 31.4 Å². The van der Waals surface area contributed by atoms with Crippen molar-refractivity contribution < 1.29 is 19.5 Å². The molecular weight excluding hydrogens is 417 g/mol. The number of rotatable bonds is 3. The second kappa shape index (κ2) is 6.59. The molecule has 0 unspecified atom stereocenters. The molecular formula is C20H21Cl2N3O4. The summed E-state index contributed by atoms with van der Waals surface area (Å²) in [6.07, 6.45) is 6.76. The van der Waals surface area contributed by atoms with E-state index >= 15 is 0 Å². The van der Waals surface area contributed by atoms with Gasteiger partial charge in [0.2, 0.25) is 0 Å². The Morgan fingerprint density at radius 3 is 2.34 bits per heavy atom. The molecule has 1 spiro atoms. The minimum atomic E-state index is -1.07. The first-order valence-electron chi connectivity index (χ1n) is 9.82. The van der Waals surface area contributed by atoms with E-state index in [1.54, 1.807) is 0 Å². The third-order valence-corrected chi connectivity index (χ3v) is 7.22. The van der Waals surface area contributed by atoms with Gasteiger partial charge >= 0.3 is 6.09 Å². The van der Waals surface area contributed by atoms with Crippen LogP contribution in [0.1, 0.15) is 55.8 Å². The molecule has 0 atom stereocenters. The van der Waals surface area contributed by atoms with Gasteiger partial charge in [-0.25, -0.2) is 4.79 Å². The highest BCUT2D eigenvalue weighted by molar-refractivity contribution is 6.38. The van der Waals surface area contributed by atoms with Crippen LogP contribution in [-0.4, -0.2) is 44.4 Å². The second-order valence-electron chi connectivity index (χ2n) is 8.68. The number of nitrogens with zero attached hydrogens (tertiary/aromatic N) is 3. The molecule has 0 bridgehead atoms. The van der Waals surface area contributed by atoms with Gasteiger partial charge in [0.1, 0.15) is 11.5 Å². The zero-order chi connectivity index (χ0) is 20.4. The molecule has 7 nitrogen and oxygen atoms in total. The molecule has 2 aromatic rings. The van der Waals surface area contributed by atoms with Crippen molar-refractivity contribution in [3.05, 3.63) is 33.8 Å². The van der Waals surface area contributed by atoms with Crippen LogP contribution in [0, 0.1) is 5.41 Å². The van der Waals surface area contributed by atoms with Gasteiger partial charge < -0.3 is 19.6 Å². The average molecular weight is 438 g/mol. The van der Waals surface area contributed by atoms with E-state index in [-0.39, 0.29) is 11.3 Å². The van der Waals surface area contributed by atoms with Crippen molar-refractivity contribution in [3.8, 4) is 11.3 Å². The second-order valence-corrected chi connectivity index (χ2v) is 9.49. The number of carbonyl (C=O) groups is 1. The van der Waals surface area contributed by atoms with Crippen molar-refractivity contribution in [1.29, 1.82) is 0 Å². The molecule has 1 amide bonds. The Balaban J connectivity index is 1.49. The quantitative estimate of drug-likeness (QED) is 0.723. The first-order valence-corrected chi connectivity index (χ1v) is 10.6. The van der Waals surface area contributed by atoms with Gasteiger partial charge in [-0.05, 0) is 43.9 Å². The molecule has 1 aliphatic heterocycles. The molecule has 2 aromatic heterocycles. The lowest BCUT2D eigenvalue weighted by molar-refractivity contribution is -0.153. The number of likely N-dealkylation sites (tertiary alicyclic amines) is 1. The zero-order valence-corrected chi connectivity index (χ0v) is 17.2. The third-order valence-electron chi connectivity index (χ3n) is 6.65. The van der Waals surface area contributed by atoms with Gasteiger partial charge in [0, 0.05) is 37.0 Å². The lowest BCUT2D eigenvalue weighted by atomic mass is 9.53. The maximum atomic E-state index is 11.6. The van der Waals surface area contributed by atoms with Crippen molar-refractivity contribution in [2.24, 2.45) is 5.41 Å². The van der Waals surface area contributed by atoms with Gasteiger partial charge in [-0.15, -0.1) is 0 Å². The molecule has 3 fully saturated rings. The van der Waals surface area contributed by atoms with Crippen LogP contribution in [0.2, 0.25) is 10.0 Å². The molecule has 9 heteroatoms. The van der Waals surface area contributed by atoms with E-state index < -0.39 is 11.7 Å². The SMILES string of the molecule is O=C(O)N1CCC2(CC1)CC(O)(c1c(-c3c(Cl)cncc3Cl)noc1C1CC1)C2. The number of piperidine rings is 1. The molecule has 154 valence electrons. The van der Waals surface area contributed by atoms with E-state index in [9.17, 15) is 15.0 Å². The predicted molar refractivity (Wildman–Crippen MR) is 106 cm³/mol. The van der Waals surface area contributed by atoms with Crippen molar-refractivity contribution in [2.45, 2.75) is 50.0 Å². The van der Waals surface area contributed by atoms with E-state index in [1.807, 2.05) is 0 Å². The first-order chi connectivity index (χ1) is 13.8. The minimum absolute atomic E-state index is 0.0537. The summed E-state index contributed by atoms with van der Waals surface area (Å²) >= 11 is 12.7. The number of pyridine rings is 1. The third kappa shape index (κ3) is 3.10. The number of aromatic nitrogens is 2. The summed E-state index contributed by atoms with van der Waals surface area (Å²) in [5, 5.41) is 25.8. The largest absolute Gasteiger partial charge is 0.465 e. The van der Waals surface area contributed by atoms with Gasteiger partial charge in [-0.2, -0.15) is 0 Å². The Hall–Kier alpha value is -1.83. The summed E-state index contributed by atoms with van der Waals surface area (Å²) in [5.41, 5.74) is 0.589. The summed E-state index contributed by atoms with van der Waals surface area (Å²) < 4.78 is 5.70. The molecule has 29 heavy (non-hydrogen) atoms. The van der Waals surface area contributed by atoms with E-state index in [0.29, 0.717) is 52.8 Å². The maximum absolute atomic E-state index is 11.6. The fraction of sp³-hybridized carbons (Fsp3) is 0.550. The zero-order valence-electron chi connectivity index (χ0n) is 15.7. The van der Waals surface area contributed by atoms with Crippen LogP contribution in [0.3, 0.4) is 0 Å². The smallest absolute Gasteiger partial charge is 0.407 e. The highest BCUT2D eigenvalue weighted by atomic mass is 35.5. The van der Waals surface area contributed by atoms with E-state index in [4.69, 9.17) is 27.7 Å². The normalized spacial score (nSPS) is 22.5. The Morgan fingerprint density at radius 2 is 1.79 bits per heavy atom. The van der Waals surface area contributed by atoms with Crippen LogP contribution in [-0.2, 0) is 5.60 Å². The molecule has 2 N–H and O–H groups in total. The van der Waals surface area contributed by atoms with Gasteiger partial charge in [0.25, 0.3) is 0 Å². The van der Waals surface area contributed by atoms with Gasteiger partial charge in [-0.1, -0.05) is 28.4 Å². The van der Waals surface area contributed by atoms with Crippen molar-refractivity contribution in [1.82, 2.24) is 15.0 Å². The summed E-state index contributed by atoms with van der Waals surface area (Å²) in [4.78, 5) is 16.7. The van der Waals surface area contributed by atoms with Gasteiger partial charge in [-0.3, -0.25) is 4.98 Å². The topological polar surface area (TPSA) is 99.7 Å². The molecule has 3 heterocycles. The van der Waals surface area contributed by atoms with Crippen molar-refractivity contribution in [3.63, 3.8) is 0 Å². The summed E-state index contributed by atoms with van der Waals surface area (Å²) in [6, 6.07) is 0. The Morgan fingerprint density at radius 1 is 1.17 bits per heavy atom. The molecule has 1 saturated heterocycles. The molecule has 5 rings (SSSR count). The van der Waals surface area contributed by atoms with E-state index in [2.05, 4.69) is 10.1 Å². The molecule has 0 aromatic carbocycles. The number of carboxylic acid groups (broad SMARTS) is 1. The first kappa shape index (κ1) is 19.2. The number of amides is 1. The summed E-state index contributed by atoms with van der Waals surface area (Å²) in [7, 11) is 0. The Bertz CT molecular complexity index is 952. The minimum Gasteiger partial charge on any atom is -0.465 e. The maximum Gasteiger partial charge on any atom is 0.407 e. The number of aliphatic hydroxyl groups is 1. The number of halogens is 2. The Kier molecular flexibility index (Phi) is 4.35. The van der Waals surface area contributed by atoms with Gasteiger partial charge in [0.05, 0.1) is 21.2 Å². The lowest BCUT2D eigenvalue weighted by Crippen LogP contribution is -2.55. The lowest BCUT2D eigenvalue weighted by Gasteiger charge is -2.56. The van der Waals surface area contributed by atoms with Crippen LogP contribution in [0.4, 0.5) is 4.79 Å². The van der Waals surface area contributed by atoms with Crippen LogP contribution in [0.25, 0.3) is 11.3 Å². The van der Waals surface area contributed by atoms with E-state index in [1.165, 1.54) is 17.3 Å². The Labute approximate surface area is 177 Å². The number of hydrogen-bond acceptors (Lipinski definition) is 5. The molecule has 2 saturated carbocycles. The predicted octanol–water partition coefficient (Wildman–Crippen LogP) is 4.66. The molecule has 2 aliphatic carbocycles. The van der Waals surface area contributed by atoms with Crippen LogP contribution in [0.15, 0.2) is 16.9 Å². The highest BCUT2D eigenvalue weighted by Crippen LogP contribution is 2.62. The van der Waals surface area contributed by atoms with Crippen molar-refractivity contribution >= 4 is 29.3 Å². The average Bonchev–Trinajstić information content (AvgIpc) is 3.40. The summed E-state index contributed by atoms with van der Waals surface area (Å²) in [6.45, 7) is 0.999. The van der Waals surface area contributed by atoms with Crippen LogP contribution >= 0.6 is 23.2 Å². The highest BCUT2D eigenvalue weighted by Gasteiger charge is 2.58. The fourth-order valence-electron chi connectivity index (χ4n) is 5.08. The molecule has 0 radical (unpaired) electrons. The van der Waals surface area contributed by atoms with Crippen LogP contribution < -0.4 is 0 Å². The number of hydrogen-bond donors (Lipinski definition) is 2. The fourth-order valence-corrected chi connectivity index (χ4v) is 5.62.